The molecule has 1 aliphatic rings. The molecule has 2 unspecified atom stereocenters. The summed E-state index contributed by atoms with van der Waals surface area (Å²) in [4.78, 5) is 0. The zero-order chi connectivity index (χ0) is 12.8. The lowest BCUT2D eigenvalue weighted by Crippen LogP contribution is -2.27. The maximum atomic E-state index is 9.25. The van der Waals surface area contributed by atoms with Gasteiger partial charge in [0.25, 0.3) is 0 Å². The van der Waals surface area contributed by atoms with Crippen molar-refractivity contribution in [2.75, 3.05) is 0 Å². The molecule has 0 heterocycles. The third-order valence-electron chi connectivity index (χ3n) is 4.20. The van der Waals surface area contributed by atoms with Crippen molar-refractivity contribution in [2.24, 2.45) is 5.92 Å². The van der Waals surface area contributed by atoms with Crippen LogP contribution in [-0.2, 0) is 6.54 Å². The van der Waals surface area contributed by atoms with Crippen LogP contribution in [0.25, 0.3) is 0 Å². The van der Waals surface area contributed by atoms with E-state index < -0.39 is 0 Å². The van der Waals surface area contributed by atoms with E-state index in [1.165, 1.54) is 44.1 Å². The third kappa shape index (κ3) is 4.02. The van der Waals surface area contributed by atoms with Gasteiger partial charge in [0.15, 0.2) is 0 Å². The smallest absolute Gasteiger partial charge is 0.115 e. The summed E-state index contributed by atoms with van der Waals surface area (Å²) < 4.78 is 0. The van der Waals surface area contributed by atoms with Gasteiger partial charge in [-0.1, -0.05) is 38.3 Å². The zero-order valence-corrected chi connectivity index (χ0v) is 11.4. The van der Waals surface area contributed by atoms with Crippen molar-refractivity contribution in [3.05, 3.63) is 29.8 Å². The first kappa shape index (κ1) is 13.4. The Morgan fingerprint density at radius 1 is 1.11 bits per heavy atom. The Balaban J connectivity index is 1.77. The largest absolute Gasteiger partial charge is 0.508 e. The number of hydrogen-bond acceptors (Lipinski definition) is 2. The number of aromatic hydroxyl groups is 1. The first-order valence-corrected chi connectivity index (χ1v) is 7.29. The van der Waals surface area contributed by atoms with Crippen molar-refractivity contribution in [3.63, 3.8) is 0 Å². The maximum absolute atomic E-state index is 9.25. The fourth-order valence-electron chi connectivity index (χ4n) is 2.87. The van der Waals surface area contributed by atoms with Gasteiger partial charge in [0.2, 0.25) is 0 Å². The second-order valence-electron chi connectivity index (χ2n) is 5.53. The predicted octanol–water partition coefficient (Wildman–Crippen LogP) is 3.84. The highest BCUT2D eigenvalue weighted by atomic mass is 16.3. The molecular formula is C16H25NO. The van der Waals surface area contributed by atoms with E-state index in [1.807, 2.05) is 12.1 Å². The van der Waals surface area contributed by atoms with Gasteiger partial charge in [-0.05, 0) is 42.9 Å². The molecule has 2 N–H and O–H groups in total. The minimum absolute atomic E-state index is 0.346. The van der Waals surface area contributed by atoms with Gasteiger partial charge >= 0.3 is 0 Å². The molecule has 0 aliphatic heterocycles. The number of hydrogen-bond donors (Lipinski definition) is 2. The topological polar surface area (TPSA) is 32.3 Å². The van der Waals surface area contributed by atoms with E-state index in [1.54, 1.807) is 12.1 Å². The van der Waals surface area contributed by atoms with Crippen molar-refractivity contribution in [1.82, 2.24) is 5.32 Å². The van der Waals surface area contributed by atoms with Crippen molar-refractivity contribution in [3.8, 4) is 5.75 Å². The summed E-state index contributed by atoms with van der Waals surface area (Å²) in [5, 5.41) is 12.9. The Labute approximate surface area is 110 Å². The molecule has 0 saturated heterocycles. The molecule has 2 nitrogen and oxygen atoms in total. The number of nitrogens with one attached hydrogen (secondary N) is 1. The van der Waals surface area contributed by atoms with Crippen LogP contribution in [-0.4, -0.2) is 11.1 Å². The molecule has 0 radical (unpaired) electrons. The van der Waals surface area contributed by atoms with Gasteiger partial charge in [-0.2, -0.15) is 0 Å². The van der Waals surface area contributed by atoms with E-state index in [2.05, 4.69) is 12.2 Å². The summed E-state index contributed by atoms with van der Waals surface area (Å²) in [6, 6.07) is 8.19. The lowest BCUT2D eigenvalue weighted by Gasteiger charge is -2.16. The second-order valence-corrected chi connectivity index (χ2v) is 5.53. The summed E-state index contributed by atoms with van der Waals surface area (Å²) in [7, 11) is 0. The highest BCUT2D eigenvalue weighted by Gasteiger charge is 2.17. The van der Waals surface area contributed by atoms with Gasteiger partial charge in [-0.25, -0.2) is 0 Å². The molecule has 1 aliphatic carbocycles. The third-order valence-corrected chi connectivity index (χ3v) is 4.20. The van der Waals surface area contributed by atoms with Gasteiger partial charge in [0.1, 0.15) is 5.75 Å². The van der Waals surface area contributed by atoms with Crippen LogP contribution in [0.1, 0.15) is 51.0 Å². The highest BCUT2D eigenvalue weighted by molar-refractivity contribution is 5.25. The summed E-state index contributed by atoms with van der Waals surface area (Å²) >= 11 is 0. The van der Waals surface area contributed by atoms with Gasteiger partial charge in [-0.3, -0.25) is 0 Å². The SMILES string of the molecule is CCC1CCCC(NCc2ccc(O)cc2)CC1. The highest BCUT2D eigenvalue weighted by Crippen LogP contribution is 2.25. The van der Waals surface area contributed by atoms with E-state index in [0.29, 0.717) is 11.8 Å². The van der Waals surface area contributed by atoms with Gasteiger partial charge in [0.05, 0.1) is 0 Å². The molecular weight excluding hydrogens is 222 g/mol. The van der Waals surface area contributed by atoms with Crippen molar-refractivity contribution in [1.29, 1.82) is 0 Å². The molecule has 100 valence electrons. The molecule has 1 aromatic carbocycles. The van der Waals surface area contributed by atoms with Crippen LogP contribution in [0.15, 0.2) is 24.3 Å². The molecule has 1 fully saturated rings. The normalized spacial score (nSPS) is 24.7. The van der Waals surface area contributed by atoms with E-state index in [9.17, 15) is 5.11 Å². The van der Waals surface area contributed by atoms with Crippen LogP contribution in [0.4, 0.5) is 0 Å². The molecule has 2 rings (SSSR count). The zero-order valence-electron chi connectivity index (χ0n) is 11.4. The van der Waals surface area contributed by atoms with E-state index in [-0.39, 0.29) is 0 Å². The average Bonchev–Trinajstić information content (AvgIpc) is 2.63. The first-order chi connectivity index (χ1) is 8.78. The van der Waals surface area contributed by atoms with Gasteiger partial charge in [-0.15, -0.1) is 0 Å². The molecule has 1 aromatic rings. The summed E-state index contributed by atoms with van der Waals surface area (Å²) in [5.74, 6) is 1.30. The molecule has 0 spiro atoms. The van der Waals surface area contributed by atoms with E-state index in [4.69, 9.17) is 0 Å². The number of benzene rings is 1. The van der Waals surface area contributed by atoms with Crippen LogP contribution in [0, 0.1) is 5.92 Å². The van der Waals surface area contributed by atoms with Gasteiger partial charge in [0, 0.05) is 12.6 Å². The monoisotopic (exact) mass is 247 g/mol. The fraction of sp³-hybridized carbons (Fsp3) is 0.625. The van der Waals surface area contributed by atoms with Crippen LogP contribution in [0.5, 0.6) is 5.75 Å². The number of phenolic OH excluding ortho intramolecular Hbond substituents is 1. The molecule has 0 amide bonds. The molecule has 1 saturated carbocycles. The Morgan fingerprint density at radius 2 is 1.89 bits per heavy atom. The van der Waals surface area contributed by atoms with Crippen LogP contribution < -0.4 is 5.32 Å². The molecule has 0 bridgehead atoms. The quantitative estimate of drug-likeness (QED) is 0.792. The average molecular weight is 247 g/mol. The molecule has 0 aromatic heterocycles. The Hall–Kier alpha value is -1.02. The summed E-state index contributed by atoms with van der Waals surface area (Å²) in [6.45, 7) is 3.23. The van der Waals surface area contributed by atoms with Crippen LogP contribution in [0.2, 0.25) is 0 Å². The van der Waals surface area contributed by atoms with Crippen molar-refractivity contribution >= 4 is 0 Å². The minimum atomic E-state index is 0.346. The maximum Gasteiger partial charge on any atom is 0.115 e. The molecule has 18 heavy (non-hydrogen) atoms. The fourth-order valence-corrected chi connectivity index (χ4v) is 2.87. The first-order valence-electron chi connectivity index (χ1n) is 7.29. The molecule has 2 atom stereocenters. The second kappa shape index (κ2) is 6.79. The van der Waals surface area contributed by atoms with Gasteiger partial charge < -0.3 is 10.4 Å². The molecule has 2 heteroatoms. The minimum Gasteiger partial charge on any atom is -0.508 e. The number of rotatable bonds is 4. The Morgan fingerprint density at radius 3 is 2.61 bits per heavy atom. The van der Waals surface area contributed by atoms with Crippen LogP contribution in [0.3, 0.4) is 0 Å². The van der Waals surface area contributed by atoms with E-state index >= 15 is 0 Å². The standard InChI is InChI=1S/C16H25NO/c1-2-13-4-3-5-15(9-6-13)17-12-14-7-10-16(18)11-8-14/h7-8,10-11,13,15,17-18H,2-6,9,12H2,1H3. The lowest BCUT2D eigenvalue weighted by atomic mass is 9.98. The van der Waals surface area contributed by atoms with Crippen molar-refractivity contribution in [2.45, 2.75) is 58.0 Å². The van der Waals surface area contributed by atoms with E-state index in [0.717, 1.165) is 12.5 Å². The number of phenols is 1. The summed E-state index contributed by atoms with van der Waals surface area (Å²) in [6.07, 6.45) is 8.12. The summed E-state index contributed by atoms with van der Waals surface area (Å²) in [5.41, 5.74) is 1.25. The van der Waals surface area contributed by atoms with Crippen LogP contribution >= 0.6 is 0 Å². The Kier molecular flexibility index (Phi) is 5.06. The lowest BCUT2D eigenvalue weighted by molar-refractivity contribution is 0.425. The predicted molar refractivity (Wildman–Crippen MR) is 75.6 cm³/mol. The Bertz CT molecular complexity index is 347. The van der Waals surface area contributed by atoms with Crippen molar-refractivity contribution < 1.29 is 5.11 Å².